The molecular formula is C34H48N2O5. The Morgan fingerprint density at radius 3 is 2.49 bits per heavy atom. The Bertz CT molecular complexity index is 1270. The molecule has 3 saturated carbocycles. The summed E-state index contributed by atoms with van der Waals surface area (Å²) in [6.07, 6.45) is 14.2. The first-order valence-corrected chi connectivity index (χ1v) is 15.8. The van der Waals surface area contributed by atoms with Crippen molar-refractivity contribution in [3.05, 3.63) is 48.0 Å². The van der Waals surface area contributed by atoms with Crippen molar-refractivity contribution >= 4 is 11.8 Å². The lowest BCUT2D eigenvalue weighted by atomic mass is 9.32. The van der Waals surface area contributed by atoms with Crippen molar-refractivity contribution < 1.29 is 24.2 Å². The Hall–Kier alpha value is -2.38. The van der Waals surface area contributed by atoms with Gasteiger partial charge < -0.3 is 24.8 Å². The van der Waals surface area contributed by atoms with E-state index in [4.69, 9.17) is 4.42 Å². The summed E-state index contributed by atoms with van der Waals surface area (Å²) in [7, 11) is 0. The highest BCUT2D eigenvalue weighted by molar-refractivity contribution is 6.08. The van der Waals surface area contributed by atoms with Gasteiger partial charge in [0.15, 0.2) is 5.76 Å². The fraction of sp³-hybridized carbons (Fsp3) is 0.706. The lowest BCUT2D eigenvalue weighted by molar-refractivity contribution is -0.174. The van der Waals surface area contributed by atoms with E-state index in [1.54, 1.807) is 23.3 Å². The number of furan rings is 1. The van der Waals surface area contributed by atoms with Crippen LogP contribution in [0.1, 0.15) is 96.5 Å². The van der Waals surface area contributed by atoms with E-state index < -0.39 is 16.4 Å². The molecule has 1 heterocycles. The van der Waals surface area contributed by atoms with Crippen molar-refractivity contribution in [2.75, 3.05) is 13.1 Å². The molecule has 0 saturated heterocycles. The maximum absolute atomic E-state index is 14.3. The Morgan fingerprint density at radius 1 is 1.10 bits per heavy atom. The number of Topliss-reactive ketones (excluding diaryl/α,β-unsaturated/α-hetero) is 1. The summed E-state index contributed by atoms with van der Waals surface area (Å²) >= 11 is 0. The normalized spacial score (nSPS) is 42.3. The highest BCUT2D eigenvalue weighted by Crippen LogP contribution is 2.78. The van der Waals surface area contributed by atoms with Gasteiger partial charge in [-0.3, -0.25) is 4.79 Å². The number of nitrogens with zero attached hydrogens (tertiary/aromatic N) is 1. The number of hydrogen-bond acceptors (Lipinski definition) is 5. The molecule has 6 aliphatic carbocycles. The number of carbonyl (C=O) groups is 2. The van der Waals surface area contributed by atoms with Crippen molar-refractivity contribution in [3.8, 4) is 0 Å². The summed E-state index contributed by atoms with van der Waals surface area (Å²) in [5.74, 6) is 0.538. The minimum atomic E-state index is -1.07. The molecule has 0 radical (unpaired) electrons. The predicted octanol–water partition coefficient (Wildman–Crippen LogP) is 5.88. The molecule has 1 aromatic rings. The molecule has 2 bridgehead atoms. The van der Waals surface area contributed by atoms with Crippen LogP contribution in [-0.2, 0) is 0 Å². The molecule has 3 fully saturated rings. The second kappa shape index (κ2) is 9.57. The first-order valence-electron chi connectivity index (χ1n) is 15.8. The Labute approximate surface area is 244 Å². The van der Waals surface area contributed by atoms with Gasteiger partial charge in [-0.15, -0.1) is 0 Å². The fourth-order valence-electron chi connectivity index (χ4n) is 10.3. The van der Waals surface area contributed by atoms with Gasteiger partial charge in [-0.25, -0.2) is 4.79 Å². The van der Waals surface area contributed by atoms with Gasteiger partial charge in [0.2, 0.25) is 5.78 Å². The van der Waals surface area contributed by atoms with E-state index in [1.807, 2.05) is 13.8 Å². The number of carbonyl (C=O) groups excluding carboxylic acids is 2. The average molecular weight is 565 g/mol. The third kappa shape index (κ3) is 3.83. The number of aliphatic hydroxyl groups excluding tert-OH is 1. The van der Waals surface area contributed by atoms with Crippen LogP contribution >= 0.6 is 0 Å². The summed E-state index contributed by atoms with van der Waals surface area (Å²) < 4.78 is 5.66. The van der Waals surface area contributed by atoms with E-state index in [2.05, 4.69) is 44.3 Å². The summed E-state index contributed by atoms with van der Waals surface area (Å²) in [4.78, 5) is 29.3. The Morgan fingerprint density at radius 2 is 1.80 bits per heavy atom. The van der Waals surface area contributed by atoms with Crippen LogP contribution in [0.3, 0.4) is 0 Å². The van der Waals surface area contributed by atoms with Crippen LogP contribution in [0, 0.1) is 33.5 Å². The van der Waals surface area contributed by atoms with Gasteiger partial charge in [-0.1, -0.05) is 39.0 Å². The first kappa shape index (κ1) is 28.7. The van der Waals surface area contributed by atoms with Gasteiger partial charge in [0, 0.05) is 34.4 Å². The molecule has 8 atom stereocenters. The largest absolute Gasteiger partial charge is 0.461 e. The number of ketones is 1. The van der Waals surface area contributed by atoms with Crippen LogP contribution in [0.25, 0.3) is 0 Å². The van der Waals surface area contributed by atoms with Gasteiger partial charge in [-0.2, -0.15) is 0 Å². The van der Waals surface area contributed by atoms with Crippen LogP contribution < -0.4 is 5.32 Å². The number of rotatable bonds is 7. The smallest absolute Gasteiger partial charge is 0.317 e. The number of urea groups is 1. The molecule has 7 rings (SSSR count). The second-order valence-electron chi connectivity index (χ2n) is 14.6. The third-order valence-electron chi connectivity index (χ3n) is 12.3. The van der Waals surface area contributed by atoms with E-state index in [-0.39, 0.29) is 53.2 Å². The van der Waals surface area contributed by atoms with Crippen LogP contribution in [0.5, 0.6) is 0 Å². The Balaban J connectivity index is 1.44. The molecule has 2 spiro atoms. The van der Waals surface area contributed by atoms with E-state index in [1.165, 1.54) is 0 Å². The summed E-state index contributed by atoms with van der Waals surface area (Å²) in [5.41, 5.74) is -1.75. The fourth-order valence-corrected chi connectivity index (χ4v) is 10.3. The lowest BCUT2D eigenvalue weighted by Crippen LogP contribution is -2.67. The standard InChI is InChI=1S/C34H48N2O5/c1-6-17-36(29(39)35-22(2)3)21-33(40)14-11-27-31(33,5)13-10-26-30(4)12-9-23(37)19-32(30)15-16-34(26,27)24(20-32)28(38)25-8-7-18-41-25/h7-8,15-16,18,20,22-23,26-27,37,40H,6,9-14,17,19,21H2,1-5H3,(H,35,39)/t23?,26-,27-,30-,31+,32+,33-,34-/m1/s1. The zero-order valence-electron chi connectivity index (χ0n) is 25.4. The van der Waals surface area contributed by atoms with Crippen molar-refractivity contribution in [3.63, 3.8) is 0 Å². The molecule has 1 unspecified atom stereocenters. The molecule has 6 aliphatic rings. The predicted molar refractivity (Wildman–Crippen MR) is 157 cm³/mol. The number of nitrogens with one attached hydrogen (secondary N) is 1. The topological polar surface area (TPSA) is 103 Å². The van der Waals surface area contributed by atoms with Crippen molar-refractivity contribution in [1.29, 1.82) is 0 Å². The van der Waals surface area contributed by atoms with E-state index in [0.717, 1.165) is 44.1 Å². The zero-order valence-corrected chi connectivity index (χ0v) is 25.4. The second-order valence-corrected chi connectivity index (χ2v) is 14.6. The molecule has 7 nitrogen and oxygen atoms in total. The zero-order chi connectivity index (χ0) is 29.4. The summed E-state index contributed by atoms with van der Waals surface area (Å²) in [6, 6.07) is 3.39. The molecule has 0 aromatic carbocycles. The highest BCUT2D eigenvalue weighted by atomic mass is 16.3. The minimum absolute atomic E-state index is 0.0164. The molecule has 0 aliphatic heterocycles. The highest BCUT2D eigenvalue weighted by Gasteiger charge is 2.74. The Kier molecular flexibility index (Phi) is 6.70. The SMILES string of the molecule is CCCN(C[C@]1(O)CC[C@H]2[C@]34C=C[C@@]5(C=C3C(=O)c3ccco3)CC(O)CC[C@]5(C)[C@H]4CC[C@@]21C)C(=O)NC(C)C. The average Bonchev–Trinajstić information content (AvgIpc) is 3.54. The molecule has 7 heteroatoms. The maximum Gasteiger partial charge on any atom is 0.317 e. The number of fused-ring (bicyclic) bond motifs is 1. The lowest BCUT2D eigenvalue weighted by Gasteiger charge is -2.71. The first-order chi connectivity index (χ1) is 19.4. The number of amides is 2. The van der Waals surface area contributed by atoms with Crippen molar-refractivity contribution in [2.24, 2.45) is 33.5 Å². The van der Waals surface area contributed by atoms with Crippen LogP contribution in [0.15, 0.2) is 46.6 Å². The summed E-state index contributed by atoms with van der Waals surface area (Å²) in [5, 5.41) is 26.4. The van der Waals surface area contributed by atoms with E-state index in [9.17, 15) is 19.8 Å². The molecule has 41 heavy (non-hydrogen) atoms. The van der Waals surface area contributed by atoms with E-state index in [0.29, 0.717) is 25.1 Å². The van der Waals surface area contributed by atoms with Gasteiger partial charge >= 0.3 is 6.03 Å². The van der Waals surface area contributed by atoms with Gasteiger partial charge in [0.05, 0.1) is 24.5 Å². The van der Waals surface area contributed by atoms with Crippen LogP contribution in [-0.4, -0.2) is 57.8 Å². The molecule has 1 aromatic heterocycles. The third-order valence-corrected chi connectivity index (χ3v) is 12.3. The number of hydrogen-bond donors (Lipinski definition) is 3. The maximum atomic E-state index is 14.3. The minimum Gasteiger partial charge on any atom is -0.461 e. The molecule has 2 amide bonds. The van der Waals surface area contributed by atoms with E-state index >= 15 is 0 Å². The monoisotopic (exact) mass is 564 g/mol. The van der Waals surface area contributed by atoms with Crippen molar-refractivity contribution in [1.82, 2.24) is 10.2 Å². The van der Waals surface area contributed by atoms with Gasteiger partial charge in [0.25, 0.3) is 0 Å². The van der Waals surface area contributed by atoms with Gasteiger partial charge in [0.1, 0.15) is 0 Å². The van der Waals surface area contributed by atoms with Gasteiger partial charge in [-0.05, 0) is 94.6 Å². The molecule has 3 N–H and O–H groups in total. The molecular weight excluding hydrogens is 516 g/mol. The van der Waals surface area contributed by atoms with Crippen molar-refractivity contribution in [2.45, 2.75) is 104 Å². The van der Waals surface area contributed by atoms with Crippen LogP contribution in [0.2, 0.25) is 0 Å². The quantitative estimate of drug-likeness (QED) is 0.283. The molecule has 224 valence electrons. The number of aliphatic hydroxyl groups is 2. The number of allylic oxidation sites excluding steroid dienone is 4. The summed E-state index contributed by atoms with van der Waals surface area (Å²) in [6.45, 7) is 11.4. The van der Waals surface area contributed by atoms with Crippen LogP contribution in [0.4, 0.5) is 4.79 Å².